The second kappa shape index (κ2) is 10.2. The van der Waals surface area contributed by atoms with E-state index in [2.05, 4.69) is 110 Å². The molecule has 0 fully saturated rings. The average molecular weight is 526 g/mol. The highest BCUT2D eigenvalue weighted by Gasteiger charge is 2.15. The van der Waals surface area contributed by atoms with Crippen LogP contribution in [0, 0.1) is 0 Å². The first-order chi connectivity index (χ1) is 19.2. The van der Waals surface area contributed by atoms with Crippen molar-refractivity contribution in [2.24, 2.45) is 7.05 Å². The summed E-state index contributed by atoms with van der Waals surface area (Å²) >= 11 is 1.91. The molecule has 0 N–H and O–H groups in total. The van der Waals surface area contributed by atoms with Crippen LogP contribution < -0.4 is 0 Å². The highest BCUT2D eigenvalue weighted by atomic mass is 32.1. The second-order valence-corrected chi connectivity index (χ2v) is 12.2. The lowest BCUT2D eigenvalue weighted by atomic mass is 9.99. The Bertz CT molecular complexity index is 1950. The molecule has 0 aliphatic heterocycles. The van der Waals surface area contributed by atoms with Crippen LogP contribution in [0.1, 0.15) is 51.0 Å². The molecule has 2 heterocycles. The zero-order valence-electron chi connectivity index (χ0n) is 23.0. The maximum absolute atomic E-state index is 2.41. The van der Waals surface area contributed by atoms with Gasteiger partial charge in [-0.1, -0.05) is 118 Å². The Balaban J connectivity index is 1.24. The van der Waals surface area contributed by atoms with Gasteiger partial charge in [0.1, 0.15) is 0 Å². The lowest BCUT2D eigenvalue weighted by Crippen LogP contribution is -1.89. The number of aryl methyl sites for hydroxylation is 2. The van der Waals surface area contributed by atoms with Crippen molar-refractivity contribution in [2.45, 2.75) is 51.9 Å². The average Bonchev–Trinajstić information content (AvgIpc) is 3.50. The maximum Gasteiger partial charge on any atom is 0.0568 e. The normalized spacial score (nSPS) is 12.1. The Morgan fingerprint density at radius 1 is 0.590 bits per heavy atom. The van der Waals surface area contributed by atoms with Crippen LogP contribution in [0.25, 0.3) is 63.9 Å². The first-order valence-electron chi connectivity index (χ1n) is 14.6. The van der Waals surface area contributed by atoms with Crippen molar-refractivity contribution in [1.29, 1.82) is 0 Å². The van der Waals surface area contributed by atoms with E-state index in [4.69, 9.17) is 0 Å². The molecule has 1 nitrogen and oxygen atoms in total. The third kappa shape index (κ3) is 4.22. The molecule has 0 bridgehead atoms. The van der Waals surface area contributed by atoms with E-state index in [1.807, 2.05) is 11.3 Å². The second-order valence-electron chi connectivity index (χ2n) is 11.1. The highest BCUT2D eigenvalue weighted by Crippen LogP contribution is 2.42. The maximum atomic E-state index is 2.41. The molecule has 0 amide bonds. The molecule has 0 saturated carbocycles. The van der Waals surface area contributed by atoms with Crippen molar-refractivity contribution in [1.82, 2.24) is 4.57 Å². The fourth-order valence-electron chi connectivity index (χ4n) is 6.46. The third-order valence-electron chi connectivity index (χ3n) is 8.60. The van der Waals surface area contributed by atoms with Crippen LogP contribution in [-0.2, 0) is 13.5 Å². The smallest absolute Gasteiger partial charge is 0.0568 e. The van der Waals surface area contributed by atoms with Gasteiger partial charge in [-0.2, -0.15) is 0 Å². The van der Waals surface area contributed by atoms with E-state index in [0.717, 1.165) is 0 Å². The van der Waals surface area contributed by atoms with E-state index < -0.39 is 0 Å². The molecule has 0 atom stereocenters. The number of hydrogen-bond donors (Lipinski definition) is 0. The van der Waals surface area contributed by atoms with Crippen LogP contribution in [0.2, 0.25) is 0 Å². The van der Waals surface area contributed by atoms with Crippen molar-refractivity contribution < 1.29 is 0 Å². The molecule has 5 aromatic carbocycles. The molecule has 39 heavy (non-hydrogen) atoms. The van der Waals surface area contributed by atoms with Crippen LogP contribution in [0.3, 0.4) is 0 Å². The number of benzene rings is 5. The van der Waals surface area contributed by atoms with Gasteiger partial charge in [-0.15, -0.1) is 11.3 Å². The zero-order valence-corrected chi connectivity index (χ0v) is 23.8. The number of thiophene rings is 1. The highest BCUT2D eigenvalue weighted by molar-refractivity contribution is 7.26. The molecule has 0 aliphatic rings. The van der Waals surface area contributed by atoms with Gasteiger partial charge in [0.05, 0.1) is 5.52 Å². The molecule has 0 aliphatic carbocycles. The minimum absolute atomic E-state index is 1.19. The molecule has 2 aromatic heterocycles. The lowest BCUT2D eigenvalue weighted by Gasteiger charge is -2.07. The van der Waals surface area contributed by atoms with Crippen molar-refractivity contribution in [3.63, 3.8) is 0 Å². The molecule has 2 heteroatoms. The molecule has 0 saturated heterocycles. The largest absolute Gasteiger partial charge is 0.343 e. The Kier molecular flexibility index (Phi) is 6.37. The molecule has 194 valence electrons. The molecule has 7 aromatic rings. The van der Waals surface area contributed by atoms with Gasteiger partial charge in [0.2, 0.25) is 0 Å². The Hall–Kier alpha value is -3.62. The van der Waals surface area contributed by atoms with Crippen molar-refractivity contribution in [3.8, 4) is 11.1 Å². The Morgan fingerprint density at radius 3 is 2.05 bits per heavy atom. The van der Waals surface area contributed by atoms with Gasteiger partial charge in [-0.05, 0) is 41.7 Å². The molecule has 0 unspecified atom stereocenters. The van der Waals surface area contributed by atoms with E-state index in [1.54, 1.807) is 0 Å². The molecular formula is C37H35NS. The topological polar surface area (TPSA) is 4.93 Å². The van der Waals surface area contributed by atoms with E-state index in [0.29, 0.717) is 0 Å². The summed E-state index contributed by atoms with van der Waals surface area (Å²) in [6.45, 7) is 2.28. The van der Waals surface area contributed by atoms with Crippen LogP contribution >= 0.6 is 11.3 Å². The summed E-state index contributed by atoms with van der Waals surface area (Å²) in [5.41, 5.74) is 6.66. The first-order valence-corrected chi connectivity index (χ1v) is 15.4. The number of aromatic nitrogens is 1. The summed E-state index contributed by atoms with van der Waals surface area (Å²) in [4.78, 5) is 0. The SMILES string of the molecule is CCCCCCCCc1ccc(-c2ccc3c4ccc5c(ccc6c7ccccc7sc65)c4n(C)c3c2)cc1. The van der Waals surface area contributed by atoms with Crippen LogP contribution in [-0.4, -0.2) is 4.57 Å². The van der Waals surface area contributed by atoms with Crippen molar-refractivity contribution >= 4 is 64.1 Å². The summed E-state index contributed by atoms with van der Waals surface area (Å²) in [5, 5.41) is 8.08. The van der Waals surface area contributed by atoms with Gasteiger partial charge < -0.3 is 4.57 Å². The van der Waals surface area contributed by atoms with E-state index in [9.17, 15) is 0 Å². The quantitative estimate of drug-likeness (QED) is 0.174. The monoisotopic (exact) mass is 525 g/mol. The summed E-state index contributed by atoms with van der Waals surface area (Å²) < 4.78 is 5.16. The van der Waals surface area contributed by atoms with Crippen LogP contribution in [0.15, 0.2) is 91.0 Å². The number of unbranched alkanes of at least 4 members (excludes halogenated alkanes) is 5. The van der Waals surface area contributed by atoms with E-state index in [1.165, 1.54) is 114 Å². The van der Waals surface area contributed by atoms with E-state index in [-0.39, 0.29) is 0 Å². The van der Waals surface area contributed by atoms with Gasteiger partial charge in [-0.25, -0.2) is 0 Å². The minimum atomic E-state index is 1.19. The predicted octanol–water partition coefficient (Wildman–Crippen LogP) is 11.4. The molecule has 7 rings (SSSR count). The zero-order chi connectivity index (χ0) is 26.3. The summed E-state index contributed by atoms with van der Waals surface area (Å²) in [6, 6.07) is 34.4. The minimum Gasteiger partial charge on any atom is -0.343 e. The number of hydrogen-bond acceptors (Lipinski definition) is 1. The van der Waals surface area contributed by atoms with Gasteiger partial charge in [-0.3, -0.25) is 0 Å². The fraction of sp³-hybridized carbons (Fsp3) is 0.243. The fourth-order valence-corrected chi connectivity index (χ4v) is 7.69. The summed E-state index contributed by atoms with van der Waals surface area (Å²) in [5.74, 6) is 0. The van der Waals surface area contributed by atoms with Gasteiger partial charge in [0.25, 0.3) is 0 Å². The molecule has 0 spiro atoms. The summed E-state index contributed by atoms with van der Waals surface area (Å²) in [7, 11) is 2.23. The molecule has 0 radical (unpaired) electrons. The standard InChI is InChI=1S/C37H35NS/c1-3-4-5-6-7-8-11-25-14-16-26(17-15-25)27-18-19-28-30-20-23-33-31(36(30)38(2)34(28)24-27)21-22-32-29-12-9-10-13-35(29)39-37(32)33/h9-10,12-24H,3-8,11H2,1-2H3. The lowest BCUT2D eigenvalue weighted by molar-refractivity contribution is 0.607. The van der Waals surface area contributed by atoms with Crippen LogP contribution in [0.5, 0.6) is 0 Å². The van der Waals surface area contributed by atoms with E-state index >= 15 is 0 Å². The third-order valence-corrected chi connectivity index (χ3v) is 9.82. The summed E-state index contributed by atoms with van der Waals surface area (Å²) in [6.07, 6.45) is 9.29. The number of nitrogens with zero attached hydrogens (tertiary/aromatic N) is 1. The van der Waals surface area contributed by atoms with Crippen molar-refractivity contribution in [3.05, 3.63) is 96.6 Å². The van der Waals surface area contributed by atoms with Crippen LogP contribution in [0.4, 0.5) is 0 Å². The predicted molar refractivity (Wildman–Crippen MR) is 173 cm³/mol. The number of rotatable bonds is 8. The first kappa shape index (κ1) is 24.4. The Labute approximate surface area is 234 Å². The van der Waals surface area contributed by atoms with Gasteiger partial charge in [0.15, 0.2) is 0 Å². The van der Waals surface area contributed by atoms with Gasteiger partial charge >= 0.3 is 0 Å². The van der Waals surface area contributed by atoms with Gasteiger partial charge in [0, 0.05) is 54.3 Å². The van der Waals surface area contributed by atoms with Crippen molar-refractivity contribution in [2.75, 3.05) is 0 Å². The molecular weight excluding hydrogens is 490 g/mol. The number of fused-ring (bicyclic) bond motifs is 9. The Morgan fingerprint density at radius 2 is 1.23 bits per heavy atom.